The molecule has 0 saturated carbocycles. The van der Waals surface area contributed by atoms with E-state index in [2.05, 4.69) is 14.4 Å². The normalized spacial score (nSPS) is 14.3. The fourth-order valence-electron chi connectivity index (χ4n) is 1.85. The van der Waals surface area contributed by atoms with Crippen molar-refractivity contribution < 1.29 is 17.4 Å². The highest BCUT2D eigenvalue weighted by Gasteiger charge is 2.32. The summed E-state index contributed by atoms with van der Waals surface area (Å²) in [6.45, 7) is 5.83. The van der Waals surface area contributed by atoms with E-state index in [1.165, 1.54) is 18.6 Å². The monoisotopic (exact) mass is 298 g/mol. The molecule has 1 atom stereocenters. The Labute approximate surface area is 118 Å². The molecule has 0 radical (unpaired) electrons. The van der Waals surface area contributed by atoms with Crippen molar-refractivity contribution >= 4 is 10.0 Å². The maximum atomic E-state index is 12.2. The van der Waals surface area contributed by atoms with E-state index >= 15 is 0 Å². The Bertz CT molecular complexity index is 624. The predicted molar refractivity (Wildman–Crippen MR) is 73.2 cm³/mol. The van der Waals surface area contributed by atoms with E-state index in [9.17, 15) is 8.42 Å². The van der Waals surface area contributed by atoms with Crippen LogP contribution in [-0.4, -0.2) is 13.6 Å². The van der Waals surface area contributed by atoms with Crippen LogP contribution in [0.4, 0.5) is 0 Å². The van der Waals surface area contributed by atoms with E-state index in [0.29, 0.717) is 11.5 Å². The first kappa shape index (κ1) is 14.8. The average molecular weight is 298 g/mol. The number of rotatable bonds is 5. The molecule has 0 unspecified atom stereocenters. The zero-order chi connectivity index (χ0) is 14.8. The summed E-state index contributed by atoms with van der Waals surface area (Å²) in [5, 5.41) is 3.62. The summed E-state index contributed by atoms with van der Waals surface area (Å²) in [5.41, 5.74) is 0.0407. The van der Waals surface area contributed by atoms with Crippen LogP contribution in [0.25, 0.3) is 0 Å². The molecular weight excluding hydrogens is 280 g/mol. The lowest BCUT2D eigenvalue weighted by molar-refractivity contribution is 0.265. The molecule has 2 aromatic rings. The Balaban J connectivity index is 2.20. The highest BCUT2D eigenvalue weighted by Crippen LogP contribution is 2.33. The molecule has 0 saturated heterocycles. The molecular formula is C13H18N2O4S. The fourth-order valence-corrected chi connectivity index (χ4v) is 3.30. The zero-order valence-corrected chi connectivity index (χ0v) is 12.5. The van der Waals surface area contributed by atoms with Gasteiger partial charge in [-0.25, -0.2) is 13.1 Å². The van der Waals surface area contributed by atoms with Gasteiger partial charge in [-0.2, -0.15) is 0 Å². The second-order valence-corrected chi connectivity index (χ2v) is 7.44. The van der Waals surface area contributed by atoms with Crippen molar-refractivity contribution in [3.8, 4) is 0 Å². The van der Waals surface area contributed by atoms with Gasteiger partial charge in [0.05, 0.1) is 18.0 Å². The van der Waals surface area contributed by atoms with E-state index in [1.807, 2.05) is 20.8 Å². The summed E-state index contributed by atoms with van der Waals surface area (Å²) < 4.78 is 37.1. The number of nitrogens with zero attached hydrogens (tertiary/aromatic N) is 1. The third-order valence-electron chi connectivity index (χ3n) is 2.82. The molecule has 110 valence electrons. The molecule has 2 heterocycles. The lowest BCUT2D eigenvalue weighted by Crippen LogP contribution is -2.37. The van der Waals surface area contributed by atoms with Crippen molar-refractivity contribution in [1.82, 2.24) is 9.88 Å². The first-order chi connectivity index (χ1) is 9.28. The third-order valence-corrected chi connectivity index (χ3v) is 4.09. The minimum absolute atomic E-state index is 0.225. The van der Waals surface area contributed by atoms with Gasteiger partial charge in [0.15, 0.2) is 0 Å². The molecule has 0 aliphatic rings. The Morgan fingerprint density at radius 2 is 2.05 bits per heavy atom. The molecule has 0 aliphatic carbocycles. The molecule has 0 amide bonds. The fraction of sp³-hybridized carbons (Fsp3) is 0.462. The van der Waals surface area contributed by atoms with Crippen molar-refractivity contribution in [2.45, 2.75) is 32.6 Å². The van der Waals surface area contributed by atoms with Crippen LogP contribution in [0.3, 0.4) is 0 Å². The number of aromatic nitrogens is 1. The minimum Gasteiger partial charge on any atom is -0.468 e. The van der Waals surface area contributed by atoms with Crippen molar-refractivity contribution in [2.24, 2.45) is 5.41 Å². The Hall–Kier alpha value is -1.60. The van der Waals surface area contributed by atoms with Gasteiger partial charge in [0.1, 0.15) is 17.8 Å². The number of nitrogens with one attached hydrogen (secondary N) is 1. The van der Waals surface area contributed by atoms with Gasteiger partial charge in [-0.1, -0.05) is 25.9 Å². The third kappa shape index (κ3) is 3.71. The van der Waals surface area contributed by atoms with Gasteiger partial charge >= 0.3 is 0 Å². The largest absolute Gasteiger partial charge is 0.468 e. The van der Waals surface area contributed by atoms with Gasteiger partial charge in [0.2, 0.25) is 10.0 Å². The molecule has 0 aliphatic heterocycles. The highest BCUT2D eigenvalue weighted by molar-refractivity contribution is 7.88. The van der Waals surface area contributed by atoms with E-state index in [1.54, 1.807) is 12.1 Å². The van der Waals surface area contributed by atoms with Crippen molar-refractivity contribution in [3.05, 3.63) is 42.2 Å². The summed E-state index contributed by atoms with van der Waals surface area (Å²) in [6.07, 6.45) is 2.87. The molecule has 20 heavy (non-hydrogen) atoms. The second kappa shape index (κ2) is 5.41. The summed E-state index contributed by atoms with van der Waals surface area (Å²) >= 11 is 0. The minimum atomic E-state index is -3.55. The lowest BCUT2D eigenvalue weighted by atomic mass is 9.86. The van der Waals surface area contributed by atoms with Crippen molar-refractivity contribution in [2.75, 3.05) is 0 Å². The zero-order valence-electron chi connectivity index (χ0n) is 11.7. The Morgan fingerprint density at radius 1 is 1.30 bits per heavy atom. The van der Waals surface area contributed by atoms with Gasteiger partial charge in [0, 0.05) is 6.07 Å². The van der Waals surface area contributed by atoms with Gasteiger partial charge in [-0.05, 0) is 17.5 Å². The van der Waals surface area contributed by atoms with Gasteiger partial charge < -0.3 is 8.94 Å². The predicted octanol–water partition coefficient (Wildman–Crippen LogP) is 2.47. The van der Waals surface area contributed by atoms with Crippen LogP contribution in [0.5, 0.6) is 0 Å². The van der Waals surface area contributed by atoms with Gasteiger partial charge in [-0.15, -0.1) is 0 Å². The van der Waals surface area contributed by atoms with Crippen LogP contribution in [0, 0.1) is 5.41 Å². The van der Waals surface area contributed by atoms with Crippen LogP contribution < -0.4 is 4.72 Å². The molecule has 6 nitrogen and oxygen atoms in total. The first-order valence-electron chi connectivity index (χ1n) is 6.20. The molecule has 0 spiro atoms. The smallest absolute Gasteiger partial charge is 0.218 e. The van der Waals surface area contributed by atoms with Crippen LogP contribution in [-0.2, 0) is 15.8 Å². The maximum absolute atomic E-state index is 12.2. The van der Waals surface area contributed by atoms with Crippen LogP contribution in [0.15, 0.2) is 39.7 Å². The van der Waals surface area contributed by atoms with Crippen molar-refractivity contribution in [1.29, 1.82) is 0 Å². The summed E-state index contributed by atoms with van der Waals surface area (Å²) in [7, 11) is -3.55. The first-order valence-corrected chi connectivity index (χ1v) is 7.86. The molecule has 2 rings (SSSR count). The van der Waals surface area contributed by atoms with E-state index in [0.717, 1.165) is 0 Å². The maximum Gasteiger partial charge on any atom is 0.218 e. The standard InChI is InChI=1S/C13H18N2O4S/c1-13(2,3)12(11-5-4-7-18-11)15-20(16,17)9-10-6-8-19-14-10/h4-8,12,15H,9H2,1-3H3/t12-/m0/s1. The van der Waals surface area contributed by atoms with Gasteiger partial charge in [-0.3, -0.25) is 0 Å². The van der Waals surface area contributed by atoms with Crippen LogP contribution in [0.2, 0.25) is 0 Å². The summed E-state index contributed by atoms with van der Waals surface area (Å²) in [5.74, 6) is 0.359. The van der Waals surface area contributed by atoms with Crippen molar-refractivity contribution in [3.63, 3.8) is 0 Å². The number of hydrogen-bond donors (Lipinski definition) is 1. The summed E-state index contributed by atoms with van der Waals surface area (Å²) in [4.78, 5) is 0. The lowest BCUT2D eigenvalue weighted by Gasteiger charge is -2.29. The Kier molecular flexibility index (Phi) is 4.01. The average Bonchev–Trinajstić information content (AvgIpc) is 2.95. The van der Waals surface area contributed by atoms with E-state index in [4.69, 9.17) is 4.42 Å². The molecule has 0 bridgehead atoms. The van der Waals surface area contributed by atoms with E-state index in [-0.39, 0.29) is 11.2 Å². The Morgan fingerprint density at radius 3 is 2.55 bits per heavy atom. The van der Waals surface area contributed by atoms with Crippen LogP contribution >= 0.6 is 0 Å². The van der Waals surface area contributed by atoms with Gasteiger partial charge in [0.25, 0.3) is 0 Å². The topological polar surface area (TPSA) is 85.3 Å². The molecule has 0 aromatic carbocycles. The number of hydrogen-bond acceptors (Lipinski definition) is 5. The summed E-state index contributed by atoms with van der Waals surface area (Å²) in [6, 6.07) is 4.57. The van der Waals surface area contributed by atoms with E-state index < -0.39 is 16.1 Å². The SMILES string of the molecule is CC(C)(C)[C@@H](NS(=O)(=O)Cc1ccon1)c1ccco1. The molecule has 2 aromatic heterocycles. The highest BCUT2D eigenvalue weighted by atomic mass is 32.2. The van der Waals surface area contributed by atoms with Crippen LogP contribution in [0.1, 0.15) is 38.3 Å². The molecule has 0 fully saturated rings. The number of furan rings is 1. The second-order valence-electron chi connectivity index (χ2n) is 5.68. The molecule has 1 N–H and O–H groups in total. The molecule has 7 heteroatoms. The number of sulfonamides is 1. The quantitative estimate of drug-likeness (QED) is 0.916.